The van der Waals surface area contributed by atoms with Gasteiger partial charge in [-0.3, -0.25) is 0 Å². The Labute approximate surface area is 103 Å². The van der Waals surface area contributed by atoms with Crippen LogP contribution in [0.1, 0.15) is 57.4 Å². The first-order chi connectivity index (χ1) is 8.25. The van der Waals surface area contributed by atoms with Crippen molar-refractivity contribution < 1.29 is 8.78 Å². The summed E-state index contributed by atoms with van der Waals surface area (Å²) in [6.07, 6.45) is 9.04. The van der Waals surface area contributed by atoms with E-state index in [1.165, 1.54) is 38.2 Å². The lowest BCUT2D eigenvalue weighted by atomic mass is 10.0. The summed E-state index contributed by atoms with van der Waals surface area (Å²) >= 11 is 0. The second-order valence-corrected chi connectivity index (χ2v) is 4.58. The van der Waals surface area contributed by atoms with Gasteiger partial charge < -0.3 is 0 Å². The highest BCUT2D eigenvalue weighted by Crippen LogP contribution is 2.15. The lowest BCUT2D eigenvalue weighted by molar-refractivity contribution is 0.494. The molecule has 0 heterocycles. The molecular weight excluding hydrogens is 218 g/mol. The van der Waals surface area contributed by atoms with E-state index in [2.05, 4.69) is 6.92 Å². The normalized spacial score (nSPS) is 10.8. The third kappa shape index (κ3) is 5.29. The Bertz CT molecular complexity index is 321. The number of unbranched alkanes of at least 4 members (excludes halogenated alkanes) is 6. The van der Waals surface area contributed by atoms with Crippen LogP contribution in [0, 0.1) is 11.6 Å². The van der Waals surface area contributed by atoms with Crippen molar-refractivity contribution in [1.82, 2.24) is 0 Å². The van der Waals surface area contributed by atoms with Crippen molar-refractivity contribution in [3.63, 3.8) is 0 Å². The predicted molar refractivity (Wildman–Crippen MR) is 68.1 cm³/mol. The van der Waals surface area contributed by atoms with Gasteiger partial charge in [0.15, 0.2) is 11.6 Å². The summed E-state index contributed by atoms with van der Waals surface area (Å²) in [4.78, 5) is 0. The molecule has 0 unspecified atom stereocenters. The molecule has 0 aromatic heterocycles. The lowest BCUT2D eigenvalue weighted by Gasteiger charge is -2.04. The zero-order valence-corrected chi connectivity index (χ0v) is 10.6. The zero-order valence-electron chi connectivity index (χ0n) is 10.6. The number of halogens is 2. The molecule has 0 nitrogen and oxygen atoms in total. The SMILES string of the molecule is CCCCCCCCCc1cccc(F)c1F. The van der Waals surface area contributed by atoms with Crippen LogP contribution in [-0.2, 0) is 6.42 Å². The molecule has 1 aromatic carbocycles. The Hall–Kier alpha value is -0.920. The average molecular weight is 240 g/mol. The third-order valence-corrected chi connectivity index (χ3v) is 3.08. The quantitative estimate of drug-likeness (QED) is 0.544. The molecule has 0 amide bonds. The van der Waals surface area contributed by atoms with E-state index in [1.54, 1.807) is 12.1 Å². The summed E-state index contributed by atoms with van der Waals surface area (Å²) in [6.45, 7) is 2.20. The van der Waals surface area contributed by atoms with Crippen LogP contribution in [0.4, 0.5) is 8.78 Å². The molecule has 0 aliphatic carbocycles. The molecule has 2 heteroatoms. The standard InChI is InChI=1S/C15H22F2/c1-2-3-4-5-6-7-8-10-13-11-9-12-14(16)15(13)17/h9,11-12H,2-8,10H2,1H3. The van der Waals surface area contributed by atoms with Gasteiger partial charge in [-0.25, -0.2) is 8.78 Å². The molecule has 0 aliphatic rings. The van der Waals surface area contributed by atoms with E-state index < -0.39 is 11.6 Å². The molecule has 1 aromatic rings. The first-order valence-corrected chi connectivity index (χ1v) is 6.68. The van der Waals surface area contributed by atoms with Crippen molar-refractivity contribution in [3.8, 4) is 0 Å². The van der Waals surface area contributed by atoms with Crippen LogP contribution in [0.25, 0.3) is 0 Å². The van der Waals surface area contributed by atoms with Gasteiger partial charge in [0.2, 0.25) is 0 Å². The molecule has 1 rings (SSSR count). The summed E-state index contributed by atoms with van der Waals surface area (Å²) in [5, 5.41) is 0. The maximum absolute atomic E-state index is 13.3. The van der Waals surface area contributed by atoms with E-state index in [-0.39, 0.29) is 0 Å². The number of rotatable bonds is 8. The predicted octanol–water partition coefficient (Wildman–Crippen LogP) is 5.26. The first kappa shape index (κ1) is 14.1. The third-order valence-electron chi connectivity index (χ3n) is 3.08. The van der Waals surface area contributed by atoms with E-state index in [1.807, 2.05) is 0 Å². The Morgan fingerprint density at radius 1 is 0.882 bits per heavy atom. The topological polar surface area (TPSA) is 0 Å². The Kier molecular flexibility index (Phi) is 6.83. The molecule has 0 spiro atoms. The van der Waals surface area contributed by atoms with Gasteiger partial charge in [-0.1, -0.05) is 57.6 Å². The molecule has 0 N–H and O–H groups in total. The molecule has 96 valence electrons. The van der Waals surface area contributed by atoms with E-state index in [9.17, 15) is 8.78 Å². The molecule has 0 atom stereocenters. The maximum Gasteiger partial charge on any atom is 0.162 e. The van der Waals surface area contributed by atoms with Gasteiger partial charge in [0.1, 0.15) is 0 Å². The maximum atomic E-state index is 13.3. The van der Waals surface area contributed by atoms with Gasteiger partial charge in [-0.2, -0.15) is 0 Å². The summed E-state index contributed by atoms with van der Waals surface area (Å²) in [5.74, 6) is -1.40. The fourth-order valence-electron chi connectivity index (χ4n) is 2.01. The van der Waals surface area contributed by atoms with Crippen molar-refractivity contribution in [2.24, 2.45) is 0 Å². The first-order valence-electron chi connectivity index (χ1n) is 6.68. The van der Waals surface area contributed by atoms with Crippen LogP contribution in [0.2, 0.25) is 0 Å². The van der Waals surface area contributed by atoms with Gasteiger partial charge in [0.05, 0.1) is 0 Å². The zero-order chi connectivity index (χ0) is 12.5. The molecule has 0 aliphatic heterocycles. The minimum atomic E-state index is -0.731. The van der Waals surface area contributed by atoms with Crippen molar-refractivity contribution in [3.05, 3.63) is 35.4 Å². The highest BCUT2D eigenvalue weighted by molar-refractivity contribution is 5.18. The highest BCUT2D eigenvalue weighted by Gasteiger charge is 2.06. The molecule has 17 heavy (non-hydrogen) atoms. The minimum absolute atomic E-state index is 0.513. The second-order valence-electron chi connectivity index (χ2n) is 4.58. The fourth-order valence-corrected chi connectivity index (χ4v) is 2.01. The van der Waals surface area contributed by atoms with Gasteiger partial charge in [0.25, 0.3) is 0 Å². The van der Waals surface area contributed by atoms with E-state index >= 15 is 0 Å². The smallest absolute Gasteiger partial charge is 0.162 e. The molecule has 0 bridgehead atoms. The number of hydrogen-bond acceptors (Lipinski definition) is 0. The summed E-state index contributed by atoms with van der Waals surface area (Å²) < 4.78 is 26.2. The van der Waals surface area contributed by atoms with Crippen molar-refractivity contribution in [2.45, 2.75) is 58.3 Å². The minimum Gasteiger partial charge on any atom is -0.204 e. The lowest BCUT2D eigenvalue weighted by Crippen LogP contribution is -1.94. The van der Waals surface area contributed by atoms with Crippen LogP contribution in [0.15, 0.2) is 18.2 Å². The van der Waals surface area contributed by atoms with Gasteiger partial charge >= 0.3 is 0 Å². The largest absolute Gasteiger partial charge is 0.204 e. The van der Waals surface area contributed by atoms with Gasteiger partial charge in [0, 0.05) is 0 Å². The van der Waals surface area contributed by atoms with E-state index in [4.69, 9.17) is 0 Å². The van der Waals surface area contributed by atoms with Crippen molar-refractivity contribution in [2.75, 3.05) is 0 Å². The van der Waals surface area contributed by atoms with Gasteiger partial charge in [-0.15, -0.1) is 0 Å². The van der Waals surface area contributed by atoms with Crippen LogP contribution >= 0.6 is 0 Å². The summed E-state index contributed by atoms with van der Waals surface area (Å²) in [6, 6.07) is 4.42. The molecule has 0 saturated heterocycles. The van der Waals surface area contributed by atoms with Crippen LogP contribution in [-0.4, -0.2) is 0 Å². The van der Waals surface area contributed by atoms with Gasteiger partial charge in [-0.05, 0) is 24.5 Å². The average Bonchev–Trinajstić information content (AvgIpc) is 2.33. The van der Waals surface area contributed by atoms with Crippen molar-refractivity contribution >= 4 is 0 Å². The Morgan fingerprint density at radius 3 is 2.24 bits per heavy atom. The fraction of sp³-hybridized carbons (Fsp3) is 0.600. The monoisotopic (exact) mass is 240 g/mol. The highest BCUT2D eigenvalue weighted by atomic mass is 19.2. The number of hydrogen-bond donors (Lipinski definition) is 0. The van der Waals surface area contributed by atoms with Crippen LogP contribution in [0.5, 0.6) is 0 Å². The summed E-state index contributed by atoms with van der Waals surface area (Å²) in [5.41, 5.74) is 0.513. The summed E-state index contributed by atoms with van der Waals surface area (Å²) in [7, 11) is 0. The van der Waals surface area contributed by atoms with Crippen LogP contribution < -0.4 is 0 Å². The van der Waals surface area contributed by atoms with E-state index in [0.717, 1.165) is 12.8 Å². The Morgan fingerprint density at radius 2 is 1.53 bits per heavy atom. The van der Waals surface area contributed by atoms with E-state index in [0.29, 0.717) is 12.0 Å². The molecule has 0 fully saturated rings. The second kappa shape index (κ2) is 8.21. The number of aryl methyl sites for hydroxylation is 1. The van der Waals surface area contributed by atoms with Crippen molar-refractivity contribution in [1.29, 1.82) is 0 Å². The Balaban J connectivity index is 2.16. The van der Waals surface area contributed by atoms with Crippen LogP contribution in [0.3, 0.4) is 0 Å². The number of benzene rings is 1. The molecule has 0 saturated carbocycles. The molecular formula is C15H22F2. The molecule has 0 radical (unpaired) electrons.